The third-order valence-electron chi connectivity index (χ3n) is 5.10. The molecule has 0 spiro atoms. The number of nitrogens with zero attached hydrogens (tertiary/aromatic N) is 4. The Morgan fingerprint density at radius 1 is 1.35 bits per heavy atom. The first kappa shape index (κ1) is 20.3. The molecule has 146 valence electrons. The third-order valence-corrected chi connectivity index (χ3v) is 5.10. The van der Waals surface area contributed by atoms with Crippen molar-refractivity contribution in [1.29, 1.82) is 0 Å². The van der Waals surface area contributed by atoms with Crippen LogP contribution < -0.4 is 10.6 Å². The molecule has 0 bridgehead atoms. The molecule has 1 aromatic rings. The second-order valence-electron chi connectivity index (χ2n) is 7.04. The average Bonchev–Trinajstić information content (AvgIpc) is 3.07. The standard InChI is InChI=1S/C19H34N6O/c1-5-16(6-2)18(26)24-10-7-17(8-11-24)23-19(20-4)21-9-12-25-14-15(3)13-22-25/h13-14,16-17H,5-12H2,1-4H3,(H2,20,21,23). The Bertz CT molecular complexity index is 585. The molecule has 1 aliphatic heterocycles. The molecule has 0 aliphatic carbocycles. The molecule has 1 aliphatic rings. The molecule has 7 heteroatoms. The Morgan fingerprint density at radius 2 is 2.04 bits per heavy atom. The lowest BCUT2D eigenvalue weighted by Gasteiger charge is -2.34. The van der Waals surface area contributed by atoms with E-state index in [0.29, 0.717) is 11.9 Å². The molecule has 0 unspecified atom stereocenters. The van der Waals surface area contributed by atoms with Gasteiger partial charge in [0.15, 0.2) is 5.96 Å². The van der Waals surface area contributed by atoms with Crippen LogP contribution in [0.15, 0.2) is 17.4 Å². The first-order chi connectivity index (χ1) is 12.6. The Hall–Kier alpha value is -2.05. The first-order valence-electron chi connectivity index (χ1n) is 9.82. The van der Waals surface area contributed by atoms with E-state index in [1.165, 1.54) is 5.56 Å². The first-order valence-corrected chi connectivity index (χ1v) is 9.82. The lowest BCUT2D eigenvalue weighted by Crippen LogP contribution is -2.50. The molecule has 2 heterocycles. The second kappa shape index (κ2) is 10.2. The Morgan fingerprint density at radius 3 is 2.58 bits per heavy atom. The number of guanidine groups is 1. The van der Waals surface area contributed by atoms with Crippen LogP contribution >= 0.6 is 0 Å². The van der Waals surface area contributed by atoms with Gasteiger partial charge in [-0.3, -0.25) is 14.5 Å². The summed E-state index contributed by atoms with van der Waals surface area (Å²) in [5.41, 5.74) is 1.17. The maximum atomic E-state index is 12.5. The van der Waals surface area contributed by atoms with E-state index >= 15 is 0 Å². The maximum absolute atomic E-state index is 12.5. The molecule has 0 aromatic carbocycles. The van der Waals surface area contributed by atoms with Crippen LogP contribution in [-0.4, -0.2) is 59.3 Å². The number of carbonyl (C=O) groups excluding carboxylic acids is 1. The molecule has 1 amide bonds. The number of carbonyl (C=O) groups is 1. The number of hydrogen-bond acceptors (Lipinski definition) is 3. The van der Waals surface area contributed by atoms with Crippen molar-refractivity contribution in [2.24, 2.45) is 10.9 Å². The van der Waals surface area contributed by atoms with E-state index < -0.39 is 0 Å². The topological polar surface area (TPSA) is 74.6 Å². The average molecular weight is 363 g/mol. The highest BCUT2D eigenvalue weighted by molar-refractivity contribution is 5.80. The highest BCUT2D eigenvalue weighted by Crippen LogP contribution is 2.17. The van der Waals surface area contributed by atoms with Crippen molar-refractivity contribution < 1.29 is 4.79 Å². The summed E-state index contributed by atoms with van der Waals surface area (Å²) in [6.07, 6.45) is 7.68. The smallest absolute Gasteiger partial charge is 0.225 e. The molecule has 0 radical (unpaired) electrons. The molecule has 0 saturated carbocycles. The molecule has 2 N–H and O–H groups in total. The van der Waals surface area contributed by atoms with Crippen molar-refractivity contribution in [1.82, 2.24) is 25.3 Å². The number of rotatable bonds is 7. The number of piperidine rings is 1. The van der Waals surface area contributed by atoms with Crippen molar-refractivity contribution in [3.63, 3.8) is 0 Å². The van der Waals surface area contributed by atoms with Gasteiger partial charge in [0.25, 0.3) is 0 Å². The van der Waals surface area contributed by atoms with E-state index in [4.69, 9.17) is 0 Å². The normalized spacial score (nSPS) is 16.2. The van der Waals surface area contributed by atoms with Gasteiger partial charge in [0.1, 0.15) is 0 Å². The minimum atomic E-state index is 0.180. The molecular formula is C19H34N6O. The van der Waals surface area contributed by atoms with Gasteiger partial charge >= 0.3 is 0 Å². The highest BCUT2D eigenvalue weighted by atomic mass is 16.2. The maximum Gasteiger partial charge on any atom is 0.225 e. The third kappa shape index (κ3) is 5.75. The van der Waals surface area contributed by atoms with E-state index in [1.807, 2.05) is 28.9 Å². The number of nitrogens with one attached hydrogen (secondary N) is 2. The summed E-state index contributed by atoms with van der Waals surface area (Å²) >= 11 is 0. The SMILES string of the molecule is CCC(CC)C(=O)N1CCC(NC(=NC)NCCn2cc(C)cn2)CC1. The summed E-state index contributed by atoms with van der Waals surface area (Å²) < 4.78 is 1.93. The van der Waals surface area contributed by atoms with E-state index in [2.05, 4.69) is 34.6 Å². The van der Waals surface area contributed by atoms with E-state index in [-0.39, 0.29) is 5.92 Å². The van der Waals surface area contributed by atoms with Crippen molar-refractivity contribution in [3.8, 4) is 0 Å². The summed E-state index contributed by atoms with van der Waals surface area (Å²) in [6.45, 7) is 9.47. The molecule has 1 fully saturated rings. The summed E-state index contributed by atoms with van der Waals surface area (Å²) in [5, 5.41) is 11.1. The lowest BCUT2D eigenvalue weighted by molar-refractivity contribution is -0.136. The molecule has 0 atom stereocenters. The summed E-state index contributed by atoms with van der Waals surface area (Å²) in [6, 6.07) is 0.360. The van der Waals surface area contributed by atoms with Gasteiger partial charge in [-0.05, 0) is 38.2 Å². The second-order valence-corrected chi connectivity index (χ2v) is 7.04. The minimum absolute atomic E-state index is 0.180. The van der Waals surface area contributed by atoms with Crippen LogP contribution in [0, 0.1) is 12.8 Å². The number of aliphatic imine (C=N–C) groups is 1. The molecule has 1 saturated heterocycles. The van der Waals surface area contributed by atoms with Crippen molar-refractivity contribution in [3.05, 3.63) is 18.0 Å². The summed E-state index contributed by atoms with van der Waals surface area (Å²) in [5.74, 6) is 1.32. The van der Waals surface area contributed by atoms with Crippen molar-refractivity contribution in [2.45, 2.75) is 59.0 Å². The highest BCUT2D eigenvalue weighted by Gasteiger charge is 2.26. The molecule has 7 nitrogen and oxygen atoms in total. The Kier molecular flexibility index (Phi) is 7.94. The molecule has 26 heavy (non-hydrogen) atoms. The zero-order valence-electron chi connectivity index (χ0n) is 16.7. The fourth-order valence-corrected chi connectivity index (χ4v) is 3.41. The fourth-order valence-electron chi connectivity index (χ4n) is 3.41. The van der Waals surface area contributed by atoms with E-state index in [0.717, 1.165) is 57.8 Å². The zero-order chi connectivity index (χ0) is 18.9. The molecule has 1 aromatic heterocycles. The van der Waals surface area contributed by atoms with Gasteiger partial charge in [-0.2, -0.15) is 5.10 Å². The van der Waals surface area contributed by atoms with Gasteiger partial charge in [0.2, 0.25) is 5.91 Å². The van der Waals surface area contributed by atoms with E-state index in [9.17, 15) is 4.79 Å². The van der Waals surface area contributed by atoms with Gasteiger partial charge in [0, 0.05) is 44.8 Å². The van der Waals surface area contributed by atoms with Crippen LogP contribution in [0.1, 0.15) is 45.1 Å². The van der Waals surface area contributed by atoms with Crippen molar-refractivity contribution in [2.75, 3.05) is 26.7 Å². The van der Waals surface area contributed by atoms with Gasteiger partial charge in [-0.15, -0.1) is 0 Å². The van der Waals surface area contributed by atoms with Gasteiger partial charge in [-0.25, -0.2) is 0 Å². The van der Waals surface area contributed by atoms with Crippen LogP contribution in [0.4, 0.5) is 0 Å². The van der Waals surface area contributed by atoms with Crippen LogP contribution in [0.2, 0.25) is 0 Å². The van der Waals surface area contributed by atoms with Crippen molar-refractivity contribution >= 4 is 11.9 Å². The van der Waals surface area contributed by atoms with Crippen LogP contribution in [0.3, 0.4) is 0 Å². The predicted octanol–water partition coefficient (Wildman–Crippen LogP) is 1.78. The lowest BCUT2D eigenvalue weighted by atomic mass is 9.98. The fraction of sp³-hybridized carbons (Fsp3) is 0.737. The number of likely N-dealkylation sites (tertiary alicyclic amines) is 1. The Balaban J connectivity index is 1.72. The molecule has 2 rings (SSSR count). The molecular weight excluding hydrogens is 328 g/mol. The van der Waals surface area contributed by atoms with Crippen LogP contribution in [-0.2, 0) is 11.3 Å². The van der Waals surface area contributed by atoms with Gasteiger partial charge in [0.05, 0.1) is 12.7 Å². The van der Waals surface area contributed by atoms with Gasteiger partial charge < -0.3 is 15.5 Å². The van der Waals surface area contributed by atoms with Gasteiger partial charge in [-0.1, -0.05) is 13.8 Å². The minimum Gasteiger partial charge on any atom is -0.355 e. The monoisotopic (exact) mass is 362 g/mol. The van der Waals surface area contributed by atoms with Crippen LogP contribution in [0.5, 0.6) is 0 Å². The number of amides is 1. The summed E-state index contributed by atoms with van der Waals surface area (Å²) in [7, 11) is 1.79. The summed E-state index contributed by atoms with van der Waals surface area (Å²) in [4.78, 5) is 18.8. The zero-order valence-corrected chi connectivity index (χ0v) is 16.7. The number of aromatic nitrogens is 2. The number of hydrogen-bond donors (Lipinski definition) is 2. The number of aryl methyl sites for hydroxylation is 1. The largest absolute Gasteiger partial charge is 0.355 e. The predicted molar refractivity (Wildman–Crippen MR) is 105 cm³/mol. The van der Waals surface area contributed by atoms with Crippen LogP contribution in [0.25, 0.3) is 0 Å². The Labute approximate surface area is 157 Å². The quantitative estimate of drug-likeness (QED) is 0.573. The van der Waals surface area contributed by atoms with E-state index in [1.54, 1.807) is 7.05 Å².